The third kappa shape index (κ3) is 4.23. The minimum atomic E-state index is -0.434. The van der Waals surface area contributed by atoms with Gasteiger partial charge >= 0.3 is 0 Å². The lowest BCUT2D eigenvalue weighted by molar-refractivity contribution is 0.0645. The van der Waals surface area contributed by atoms with E-state index in [0.29, 0.717) is 41.7 Å². The van der Waals surface area contributed by atoms with Crippen molar-refractivity contribution in [2.24, 2.45) is 0 Å². The van der Waals surface area contributed by atoms with E-state index in [9.17, 15) is 9.59 Å². The first-order chi connectivity index (χ1) is 16.5. The van der Waals surface area contributed by atoms with E-state index in [2.05, 4.69) is 15.4 Å². The second-order valence-corrected chi connectivity index (χ2v) is 8.31. The third-order valence-corrected chi connectivity index (χ3v) is 5.92. The predicted molar refractivity (Wildman–Crippen MR) is 131 cm³/mol. The lowest BCUT2D eigenvalue weighted by atomic mass is 10.1. The summed E-state index contributed by atoms with van der Waals surface area (Å²) in [5, 5.41) is 7.63. The second kappa shape index (κ2) is 8.99. The van der Waals surface area contributed by atoms with Crippen molar-refractivity contribution in [2.75, 3.05) is 24.1 Å². The van der Waals surface area contributed by atoms with E-state index in [1.54, 1.807) is 52.0 Å². The molecule has 4 aromatic rings. The van der Waals surface area contributed by atoms with Gasteiger partial charge in [-0.3, -0.25) is 9.59 Å². The number of nitrogens with one attached hydrogen (secondary N) is 1. The zero-order valence-electron chi connectivity index (χ0n) is 18.1. The molecule has 1 saturated heterocycles. The number of anilines is 2. The van der Waals surface area contributed by atoms with Gasteiger partial charge in [-0.1, -0.05) is 41.9 Å². The zero-order chi connectivity index (χ0) is 23.7. The van der Waals surface area contributed by atoms with Crippen molar-refractivity contribution in [3.8, 4) is 16.9 Å². The lowest BCUT2D eigenvalue weighted by Crippen LogP contribution is -2.42. The molecule has 9 heteroatoms. The number of pyridine rings is 1. The van der Waals surface area contributed by atoms with Gasteiger partial charge in [-0.15, -0.1) is 0 Å². The monoisotopic (exact) mass is 472 g/mol. The molecule has 170 valence electrons. The highest BCUT2D eigenvalue weighted by molar-refractivity contribution is 6.34. The molecule has 0 saturated carbocycles. The van der Waals surface area contributed by atoms with Crippen LogP contribution in [0.2, 0.25) is 5.02 Å². The van der Waals surface area contributed by atoms with E-state index in [-0.39, 0.29) is 22.2 Å². The molecular formula is C25H21ClN6O2. The summed E-state index contributed by atoms with van der Waals surface area (Å²) >= 11 is 6.37. The van der Waals surface area contributed by atoms with Crippen molar-refractivity contribution < 1.29 is 9.59 Å². The van der Waals surface area contributed by atoms with Crippen molar-refractivity contribution in [1.82, 2.24) is 19.7 Å². The van der Waals surface area contributed by atoms with Crippen LogP contribution in [-0.4, -0.2) is 44.6 Å². The van der Waals surface area contributed by atoms with Gasteiger partial charge in [-0.25, -0.2) is 9.67 Å². The number of nitrogens with two attached hydrogens (primary N) is 1. The van der Waals surface area contributed by atoms with Gasteiger partial charge in [-0.2, -0.15) is 5.10 Å². The average molecular weight is 473 g/mol. The zero-order valence-corrected chi connectivity index (χ0v) is 18.9. The highest BCUT2D eigenvalue weighted by atomic mass is 35.5. The molecule has 1 aliphatic rings. The molecule has 0 unspecified atom stereocenters. The second-order valence-electron chi connectivity index (χ2n) is 7.90. The fourth-order valence-electron chi connectivity index (χ4n) is 3.68. The number of carbonyl (C=O) groups excluding carboxylic acids is 2. The summed E-state index contributed by atoms with van der Waals surface area (Å²) < 4.78 is 1.54. The van der Waals surface area contributed by atoms with Crippen LogP contribution in [-0.2, 0) is 0 Å². The normalized spacial score (nSPS) is 12.8. The summed E-state index contributed by atoms with van der Waals surface area (Å²) in [4.78, 5) is 32.1. The summed E-state index contributed by atoms with van der Waals surface area (Å²) in [5.74, 6) is 0.147. The number of likely N-dealkylation sites (tertiary alicyclic amines) is 1. The van der Waals surface area contributed by atoms with Crippen LogP contribution in [0.3, 0.4) is 0 Å². The number of benzene rings is 2. The molecule has 0 spiro atoms. The fourth-order valence-corrected chi connectivity index (χ4v) is 3.88. The Kier molecular flexibility index (Phi) is 5.73. The molecule has 8 nitrogen and oxygen atoms in total. The van der Waals surface area contributed by atoms with Crippen LogP contribution in [0.4, 0.5) is 11.6 Å². The molecule has 3 N–H and O–H groups in total. The Bertz CT molecular complexity index is 1380. The minimum absolute atomic E-state index is 0.163. The third-order valence-electron chi connectivity index (χ3n) is 5.59. The van der Waals surface area contributed by atoms with Gasteiger partial charge in [0.25, 0.3) is 11.8 Å². The molecule has 2 aromatic carbocycles. The molecule has 0 atom stereocenters. The van der Waals surface area contributed by atoms with Crippen molar-refractivity contribution in [1.29, 1.82) is 0 Å². The maximum atomic E-state index is 13.3. The number of nitrogen functional groups attached to an aromatic ring is 1. The topological polar surface area (TPSA) is 106 Å². The predicted octanol–water partition coefficient (Wildman–Crippen LogP) is 4.27. The Morgan fingerprint density at radius 1 is 0.971 bits per heavy atom. The Hall–Kier alpha value is -4.17. The summed E-state index contributed by atoms with van der Waals surface area (Å²) in [6.07, 6.45) is 0.978. The van der Waals surface area contributed by atoms with Crippen molar-refractivity contribution in [3.63, 3.8) is 0 Å². The van der Waals surface area contributed by atoms with Crippen molar-refractivity contribution in [3.05, 3.63) is 89.1 Å². The SMILES string of the molecule is Nc1cccc(-c2ccc(Cl)c(C(=O)Nc3cc(C(=O)N4CCC4)nn3-c3ccccc3)c2)n1. The maximum absolute atomic E-state index is 13.3. The quantitative estimate of drug-likeness (QED) is 0.451. The Labute approximate surface area is 201 Å². The smallest absolute Gasteiger partial charge is 0.274 e. The van der Waals surface area contributed by atoms with Crippen LogP contribution in [0.1, 0.15) is 27.3 Å². The number of para-hydroxylation sites is 1. The molecular weight excluding hydrogens is 452 g/mol. The van der Waals surface area contributed by atoms with Crippen LogP contribution in [0, 0.1) is 0 Å². The molecule has 2 aromatic heterocycles. The van der Waals surface area contributed by atoms with E-state index in [1.807, 2.05) is 30.3 Å². The van der Waals surface area contributed by atoms with E-state index in [4.69, 9.17) is 17.3 Å². The summed E-state index contributed by atoms with van der Waals surface area (Å²) in [5.41, 5.74) is 8.37. The van der Waals surface area contributed by atoms with E-state index >= 15 is 0 Å². The Morgan fingerprint density at radius 3 is 2.47 bits per heavy atom. The van der Waals surface area contributed by atoms with Crippen LogP contribution in [0.15, 0.2) is 72.8 Å². The molecule has 1 aliphatic heterocycles. The standard InChI is InChI=1S/C25H21ClN6O2/c26-19-11-10-16(20-8-4-9-22(27)28-20)14-18(19)24(33)29-23-15-21(25(34)31-12-5-13-31)30-32(23)17-6-2-1-3-7-17/h1-4,6-11,14-15H,5,12-13H2,(H2,27,28)(H,29,33). The van der Waals surface area contributed by atoms with Gasteiger partial charge in [0, 0.05) is 24.7 Å². The first-order valence-corrected chi connectivity index (χ1v) is 11.2. The van der Waals surface area contributed by atoms with Crippen LogP contribution < -0.4 is 11.1 Å². The van der Waals surface area contributed by atoms with Crippen molar-refractivity contribution >= 4 is 35.1 Å². The number of hydrogen-bond acceptors (Lipinski definition) is 5. The van der Waals surface area contributed by atoms with Gasteiger partial charge in [-0.05, 0) is 42.8 Å². The molecule has 5 rings (SSSR count). The Morgan fingerprint density at radius 2 is 1.76 bits per heavy atom. The van der Waals surface area contributed by atoms with E-state index in [1.165, 1.54) is 0 Å². The van der Waals surface area contributed by atoms with Gasteiger partial charge < -0.3 is 16.0 Å². The highest BCUT2D eigenvalue weighted by Gasteiger charge is 2.26. The first-order valence-electron chi connectivity index (χ1n) is 10.8. The number of amides is 2. The molecule has 2 amide bonds. The highest BCUT2D eigenvalue weighted by Crippen LogP contribution is 2.27. The van der Waals surface area contributed by atoms with Crippen LogP contribution in [0.5, 0.6) is 0 Å². The largest absolute Gasteiger partial charge is 0.384 e. The number of carbonyl (C=O) groups is 2. The maximum Gasteiger partial charge on any atom is 0.274 e. The van der Waals surface area contributed by atoms with Crippen LogP contribution >= 0.6 is 11.6 Å². The van der Waals surface area contributed by atoms with E-state index in [0.717, 1.165) is 6.42 Å². The van der Waals surface area contributed by atoms with E-state index < -0.39 is 5.91 Å². The van der Waals surface area contributed by atoms with Gasteiger partial charge in [0.1, 0.15) is 11.6 Å². The molecule has 0 bridgehead atoms. The molecule has 0 aliphatic carbocycles. The number of nitrogens with zero attached hydrogens (tertiary/aromatic N) is 4. The number of rotatable bonds is 5. The average Bonchev–Trinajstić information content (AvgIpc) is 3.22. The summed E-state index contributed by atoms with van der Waals surface area (Å²) in [7, 11) is 0. The first kappa shape index (κ1) is 21.7. The molecule has 34 heavy (non-hydrogen) atoms. The molecule has 0 radical (unpaired) electrons. The summed E-state index contributed by atoms with van der Waals surface area (Å²) in [6.45, 7) is 1.41. The Balaban J connectivity index is 1.49. The lowest BCUT2D eigenvalue weighted by Gasteiger charge is -2.29. The molecule has 1 fully saturated rings. The number of hydrogen-bond donors (Lipinski definition) is 2. The molecule has 3 heterocycles. The minimum Gasteiger partial charge on any atom is -0.384 e. The number of halogens is 1. The van der Waals surface area contributed by atoms with Gasteiger partial charge in [0.15, 0.2) is 5.69 Å². The van der Waals surface area contributed by atoms with Crippen LogP contribution in [0.25, 0.3) is 16.9 Å². The summed E-state index contributed by atoms with van der Waals surface area (Å²) in [6, 6.07) is 21.3. The number of aromatic nitrogens is 3. The van der Waals surface area contributed by atoms with Crippen molar-refractivity contribution in [2.45, 2.75) is 6.42 Å². The fraction of sp³-hybridized carbons (Fsp3) is 0.120. The van der Waals surface area contributed by atoms with Gasteiger partial charge in [0.2, 0.25) is 0 Å². The van der Waals surface area contributed by atoms with Gasteiger partial charge in [0.05, 0.1) is 22.0 Å².